The van der Waals surface area contributed by atoms with Crippen LogP contribution >= 0.6 is 0 Å². The Morgan fingerprint density at radius 2 is 2.09 bits per heavy atom. The maximum absolute atomic E-state index is 5.28. The van der Waals surface area contributed by atoms with Gasteiger partial charge in [0.15, 0.2) is 0 Å². The van der Waals surface area contributed by atoms with Crippen molar-refractivity contribution in [1.82, 2.24) is 15.1 Å². The first-order valence-electron chi connectivity index (χ1n) is 7.94. The Hall–Kier alpha value is -1.81. The highest BCUT2D eigenvalue weighted by molar-refractivity contribution is 5.29. The van der Waals surface area contributed by atoms with Gasteiger partial charge in [-0.1, -0.05) is 12.1 Å². The number of ether oxygens (including phenoxy) is 1. The average Bonchev–Trinajstić information content (AvgIpc) is 2.79. The summed E-state index contributed by atoms with van der Waals surface area (Å²) in [6.07, 6.45) is 0.983. The zero-order valence-electron chi connectivity index (χ0n) is 14.3. The van der Waals surface area contributed by atoms with Gasteiger partial charge in [0, 0.05) is 30.4 Å². The fourth-order valence-corrected chi connectivity index (χ4v) is 2.80. The highest BCUT2D eigenvalue weighted by Gasteiger charge is 2.12. The lowest BCUT2D eigenvalue weighted by Gasteiger charge is -2.15. The molecule has 0 aliphatic carbocycles. The lowest BCUT2D eigenvalue weighted by molar-refractivity contribution is 0.414. The van der Waals surface area contributed by atoms with E-state index in [0.717, 1.165) is 31.0 Å². The number of rotatable bonds is 7. The topological polar surface area (TPSA) is 39.1 Å². The van der Waals surface area contributed by atoms with Gasteiger partial charge in [0.1, 0.15) is 5.75 Å². The molecule has 1 aromatic heterocycles. The molecule has 4 nitrogen and oxygen atoms in total. The smallest absolute Gasteiger partial charge is 0.119 e. The monoisotopic (exact) mass is 301 g/mol. The van der Waals surface area contributed by atoms with E-state index in [0.29, 0.717) is 6.04 Å². The van der Waals surface area contributed by atoms with E-state index >= 15 is 0 Å². The van der Waals surface area contributed by atoms with Crippen molar-refractivity contribution >= 4 is 0 Å². The lowest BCUT2D eigenvalue weighted by atomic mass is 10.1. The number of methoxy groups -OCH3 is 1. The molecule has 2 aromatic rings. The Kier molecular flexibility index (Phi) is 5.61. The minimum Gasteiger partial charge on any atom is -0.497 e. The van der Waals surface area contributed by atoms with E-state index in [1.54, 1.807) is 7.11 Å². The van der Waals surface area contributed by atoms with Gasteiger partial charge in [0.05, 0.1) is 12.8 Å². The number of nitrogens with zero attached hydrogens (tertiary/aromatic N) is 2. The van der Waals surface area contributed by atoms with Crippen LogP contribution in [-0.2, 0) is 19.5 Å². The minimum atomic E-state index is 0.399. The van der Waals surface area contributed by atoms with Crippen LogP contribution in [0.5, 0.6) is 5.75 Å². The molecule has 0 aliphatic heterocycles. The highest BCUT2D eigenvalue weighted by Crippen LogP contribution is 2.15. The van der Waals surface area contributed by atoms with Crippen LogP contribution in [0.3, 0.4) is 0 Å². The van der Waals surface area contributed by atoms with E-state index in [-0.39, 0.29) is 0 Å². The number of nitrogens with one attached hydrogen (secondary N) is 1. The summed E-state index contributed by atoms with van der Waals surface area (Å²) in [4.78, 5) is 0. The van der Waals surface area contributed by atoms with Crippen molar-refractivity contribution in [1.29, 1.82) is 0 Å². The average molecular weight is 301 g/mol. The summed E-state index contributed by atoms with van der Waals surface area (Å²) in [5.74, 6) is 0.917. The molecule has 0 saturated carbocycles. The predicted octanol–water partition coefficient (Wildman–Crippen LogP) is 3.25. The first-order chi connectivity index (χ1) is 10.5. The lowest BCUT2D eigenvalue weighted by Crippen LogP contribution is -2.28. The van der Waals surface area contributed by atoms with E-state index in [4.69, 9.17) is 4.74 Å². The summed E-state index contributed by atoms with van der Waals surface area (Å²) >= 11 is 0. The van der Waals surface area contributed by atoms with Crippen molar-refractivity contribution in [2.75, 3.05) is 7.11 Å². The van der Waals surface area contributed by atoms with Crippen LogP contribution < -0.4 is 10.1 Å². The van der Waals surface area contributed by atoms with Gasteiger partial charge >= 0.3 is 0 Å². The molecule has 0 radical (unpaired) electrons. The van der Waals surface area contributed by atoms with Crippen LogP contribution in [0.4, 0.5) is 0 Å². The van der Waals surface area contributed by atoms with Gasteiger partial charge in [-0.05, 0) is 51.8 Å². The molecule has 0 aliphatic rings. The van der Waals surface area contributed by atoms with Crippen LogP contribution in [0.25, 0.3) is 0 Å². The summed E-state index contributed by atoms with van der Waals surface area (Å²) in [5, 5.41) is 8.18. The zero-order valence-corrected chi connectivity index (χ0v) is 14.3. The summed E-state index contributed by atoms with van der Waals surface area (Å²) in [6, 6.07) is 8.67. The second-order valence-electron chi connectivity index (χ2n) is 5.80. The summed E-state index contributed by atoms with van der Waals surface area (Å²) in [6.45, 7) is 10.4. The van der Waals surface area contributed by atoms with Crippen LogP contribution in [0, 0.1) is 13.8 Å². The Morgan fingerprint density at radius 3 is 2.73 bits per heavy atom. The molecular weight excluding hydrogens is 274 g/mol. The summed E-state index contributed by atoms with van der Waals surface area (Å²) in [7, 11) is 1.71. The largest absolute Gasteiger partial charge is 0.497 e. The first-order valence-corrected chi connectivity index (χ1v) is 7.94. The molecule has 1 aromatic carbocycles. The maximum atomic E-state index is 5.28. The Morgan fingerprint density at radius 1 is 1.32 bits per heavy atom. The Labute approximate surface area is 133 Å². The second-order valence-corrected chi connectivity index (χ2v) is 5.80. The van der Waals surface area contributed by atoms with Crippen molar-refractivity contribution in [2.45, 2.75) is 53.2 Å². The van der Waals surface area contributed by atoms with Gasteiger partial charge in [-0.3, -0.25) is 4.68 Å². The van der Waals surface area contributed by atoms with E-state index in [9.17, 15) is 0 Å². The minimum absolute atomic E-state index is 0.399. The molecule has 0 fully saturated rings. The number of aromatic nitrogens is 2. The Balaban J connectivity index is 1.95. The number of aryl methyl sites for hydroxylation is 2. The molecule has 1 N–H and O–H groups in total. The molecule has 0 bridgehead atoms. The second kappa shape index (κ2) is 7.45. The SMILES string of the molecule is CCn1nc(C)c(CN[C@@H](C)Cc2cccc(OC)c2)c1C. The molecule has 0 spiro atoms. The Bertz CT molecular complexity index is 619. The number of benzene rings is 1. The van der Waals surface area contributed by atoms with Gasteiger partial charge < -0.3 is 10.1 Å². The fourth-order valence-electron chi connectivity index (χ4n) is 2.80. The van der Waals surface area contributed by atoms with Gasteiger partial charge in [0.25, 0.3) is 0 Å². The van der Waals surface area contributed by atoms with Gasteiger partial charge in [0.2, 0.25) is 0 Å². The normalized spacial score (nSPS) is 12.4. The molecule has 1 heterocycles. The molecule has 0 amide bonds. The van der Waals surface area contributed by atoms with Crippen molar-refractivity contribution in [3.63, 3.8) is 0 Å². The molecule has 0 saturated heterocycles. The maximum Gasteiger partial charge on any atom is 0.119 e. The van der Waals surface area contributed by atoms with Crippen LogP contribution in [0.1, 0.15) is 36.4 Å². The fraction of sp³-hybridized carbons (Fsp3) is 0.500. The van der Waals surface area contributed by atoms with Crippen LogP contribution in [0.15, 0.2) is 24.3 Å². The molecule has 0 unspecified atom stereocenters. The molecule has 22 heavy (non-hydrogen) atoms. The van der Waals surface area contributed by atoms with Crippen LogP contribution in [0.2, 0.25) is 0 Å². The van der Waals surface area contributed by atoms with E-state index in [1.807, 2.05) is 12.1 Å². The van der Waals surface area contributed by atoms with E-state index < -0.39 is 0 Å². The highest BCUT2D eigenvalue weighted by atomic mass is 16.5. The van der Waals surface area contributed by atoms with Crippen molar-refractivity contribution in [2.24, 2.45) is 0 Å². The van der Waals surface area contributed by atoms with Crippen molar-refractivity contribution in [3.05, 3.63) is 46.8 Å². The van der Waals surface area contributed by atoms with Gasteiger partial charge in [-0.2, -0.15) is 5.10 Å². The third kappa shape index (κ3) is 3.89. The molecule has 120 valence electrons. The van der Waals surface area contributed by atoms with Crippen molar-refractivity contribution in [3.8, 4) is 5.75 Å². The molecule has 4 heteroatoms. The van der Waals surface area contributed by atoms with Crippen molar-refractivity contribution < 1.29 is 4.74 Å². The summed E-state index contributed by atoms with van der Waals surface area (Å²) in [5.41, 5.74) is 5.00. The third-order valence-electron chi connectivity index (χ3n) is 4.13. The van der Waals surface area contributed by atoms with E-state index in [1.165, 1.54) is 16.8 Å². The van der Waals surface area contributed by atoms with Gasteiger partial charge in [-0.15, -0.1) is 0 Å². The quantitative estimate of drug-likeness (QED) is 0.853. The molecule has 1 atom stereocenters. The predicted molar refractivity (Wildman–Crippen MR) is 90.4 cm³/mol. The standard InChI is InChI=1S/C18H27N3O/c1-6-21-15(4)18(14(3)20-21)12-19-13(2)10-16-8-7-9-17(11-16)22-5/h7-9,11,13,19H,6,10,12H2,1-5H3/t13-/m0/s1. The van der Waals surface area contributed by atoms with Crippen LogP contribution in [-0.4, -0.2) is 22.9 Å². The zero-order chi connectivity index (χ0) is 16.1. The third-order valence-corrected chi connectivity index (χ3v) is 4.13. The van der Waals surface area contributed by atoms with E-state index in [2.05, 4.69) is 54.9 Å². The summed E-state index contributed by atoms with van der Waals surface area (Å²) < 4.78 is 7.35. The number of hydrogen-bond acceptors (Lipinski definition) is 3. The molecular formula is C18H27N3O. The molecule has 2 rings (SSSR count). The van der Waals surface area contributed by atoms with Gasteiger partial charge in [-0.25, -0.2) is 0 Å². The number of hydrogen-bond donors (Lipinski definition) is 1. The first kappa shape index (κ1) is 16.6.